The van der Waals surface area contributed by atoms with Crippen LogP contribution in [0.4, 0.5) is 5.13 Å². The van der Waals surface area contributed by atoms with Crippen molar-refractivity contribution in [1.82, 2.24) is 4.98 Å². The molecule has 1 aromatic heterocycles. The van der Waals surface area contributed by atoms with E-state index < -0.39 is 11.6 Å². The Kier molecular flexibility index (Phi) is 4.91. The van der Waals surface area contributed by atoms with Gasteiger partial charge in [0, 0.05) is 28.9 Å². The van der Waals surface area contributed by atoms with Crippen molar-refractivity contribution in [1.29, 1.82) is 0 Å². The number of anilines is 1. The zero-order valence-electron chi connectivity index (χ0n) is 15.1. The molecule has 2 heterocycles. The lowest BCUT2D eigenvalue weighted by Gasteiger charge is -2.32. The van der Waals surface area contributed by atoms with Gasteiger partial charge in [-0.2, -0.15) is 0 Å². The van der Waals surface area contributed by atoms with Crippen molar-refractivity contribution >= 4 is 39.9 Å². The van der Waals surface area contributed by atoms with E-state index in [-0.39, 0.29) is 5.91 Å². The Labute approximate surface area is 171 Å². The van der Waals surface area contributed by atoms with Crippen LogP contribution in [0.2, 0.25) is 5.02 Å². The number of aromatic nitrogens is 1. The summed E-state index contributed by atoms with van der Waals surface area (Å²) in [7, 11) is 0. The molecule has 2 aromatic carbocycles. The lowest BCUT2D eigenvalue weighted by molar-refractivity contribution is -0.134. The molecule has 0 bridgehead atoms. The largest absolute Gasteiger partial charge is 0.445 e. The Hall–Kier alpha value is -2.70. The van der Waals surface area contributed by atoms with Gasteiger partial charge in [0.2, 0.25) is 0 Å². The maximum Gasteiger partial charge on any atom is 0.339 e. The topological polar surface area (TPSA) is 68.3 Å². The number of carbonyl (C=O) groups excluding carboxylic acids is 2. The van der Waals surface area contributed by atoms with E-state index in [2.05, 4.69) is 10.3 Å². The molecular formula is C21H17ClN2O3S. The predicted molar refractivity (Wildman–Crippen MR) is 109 cm³/mol. The number of halogens is 1. The van der Waals surface area contributed by atoms with Crippen LogP contribution in [0.25, 0.3) is 0 Å². The molecule has 5 nitrogen and oxygen atoms in total. The van der Waals surface area contributed by atoms with Crippen LogP contribution in [0.3, 0.4) is 0 Å². The second-order valence-corrected chi connectivity index (χ2v) is 8.40. The summed E-state index contributed by atoms with van der Waals surface area (Å²) in [4.78, 5) is 30.4. The third-order valence-electron chi connectivity index (χ3n) is 4.60. The fourth-order valence-corrected chi connectivity index (χ4v) is 4.24. The number of hydrogen-bond donors (Lipinski definition) is 1. The summed E-state index contributed by atoms with van der Waals surface area (Å²) >= 11 is 7.41. The van der Waals surface area contributed by atoms with Gasteiger partial charge >= 0.3 is 5.97 Å². The molecule has 0 saturated carbocycles. The highest BCUT2D eigenvalue weighted by Crippen LogP contribution is 2.30. The van der Waals surface area contributed by atoms with Crippen molar-refractivity contribution in [3.8, 4) is 0 Å². The first-order chi connectivity index (χ1) is 13.4. The highest BCUT2D eigenvalue weighted by Gasteiger charge is 2.42. The number of benzene rings is 2. The Balaban J connectivity index is 1.47. The van der Waals surface area contributed by atoms with Gasteiger partial charge in [0.1, 0.15) is 0 Å². The number of nitrogens with one attached hydrogen (secondary N) is 1. The number of ether oxygens (including phenoxy) is 1. The normalized spacial score (nSPS) is 18.3. The van der Waals surface area contributed by atoms with E-state index >= 15 is 0 Å². The highest BCUT2D eigenvalue weighted by molar-refractivity contribution is 7.15. The number of fused-ring (bicyclic) bond motifs is 1. The van der Waals surface area contributed by atoms with Gasteiger partial charge in [0.15, 0.2) is 10.7 Å². The first-order valence-corrected chi connectivity index (χ1v) is 9.94. The van der Waals surface area contributed by atoms with E-state index in [1.807, 2.05) is 36.4 Å². The van der Waals surface area contributed by atoms with Crippen molar-refractivity contribution < 1.29 is 14.3 Å². The maximum absolute atomic E-state index is 12.8. The summed E-state index contributed by atoms with van der Waals surface area (Å²) in [6, 6.07) is 14.8. The van der Waals surface area contributed by atoms with Crippen molar-refractivity contribution in [2.45, 2.75) is 25.4 Å². The molecule has 1 aliphatic rings. The molecule has 1 amide bonds. The molecule has 1 N–H and O–H groups in total. The van der Waals surface area contributed by atoms with E-state index in [1.165, 1.54) is 11.3 Å². The molecule has 142 valence electrons. The molecule has 1 atom stereocenters. The number of esters is 1. The zero-order chi connectivity index (χ0) is 19.7. The highest BCUT2D eigenvalue weighted by atomic mass is 35.5. The molecule has 7 heteroatoms. The van der Waals surface area contributed by atoms with E-state index in [0.717, 1.165) is 16.0 Å². The predicted octanol–water partition coefficient (Wildman–Crippen LogP) is 4.50. The molecule has 3 aromatic rings. The van der Waals surface area contributed by atoms with Crippen LogP contribution in [-0.2, 0) is 22.4 Å². The van der Waals surface area contributed by atoms with E-state index in [1.54, 1.807) is 25.3 Å². The number of hydrogen-bond acceptors (Lipinski definition) is 5. The molecule has 0 saturated heterocycles. The van der Waals surface area contributed by atoms with Crippen molar-refractivity contribution in [2.24, 2.45) is 0 Å². The molecule has 28 heavy (non-hydrogen) atoms. The van der Waals surface area contributed by atoms with Crippen LogP contribution in [0.1, 0.15) is 33.3 Å². The minimum atomic E-state index is -1.27. The zero-order valence-corrected chi connectivity index (χ0v) is 16.6. The van der Waals surface area contributed by atoms with Gasteiger partial charge in [0.05, 0.1) is 5.56 Å². The van der Waals surface area contributed by atoms with Crippen LogP contribution < -0.4 is 5.32 Å². The van der Waals surface area contributed by atoms with Gasteiger partial charge in [-0.15, -0.1) is 11.3 Å². The lowest BCUT2D eigenvalue weighted by atomic mass is 9.89. The number of thiazole rings is 1. The SMILES string of the molecule is C[C@@]1(C(=O)Nc2ncc(Cc3cccc(Cl)c3)s2)Cc2ccccc2C(=O)O1. The number of nitrogens with zero attached hydrogens (tertiary/aromatic N) is 1. The lowest BCUT2D eigenvalue weighted by Crippen LogP contribution is -2.48. The Morgan fingerprint density at radius 1 is 1.29 bits per heavy atom. The van der Waals surface area contributed by atoms with Crippen LogP contribution in [-0.4, -0.2) is 22.5 Å². The van der Waals surface area contributed by atoms with Gasteiger partial charge in [0.25, 0.3) is 5.91 Å². The summed E-state index contributed by atoms with van der Waals surface area (Å²) in [5, 5.41) is 3.94. The smallest absolute Gasteiger partial charge is 0.339 e. The number of cyclic esters (lactones) is 1. The average Bonchev–Trinajstić information content (AvgIpc) is 3.08. The monoisotopic (exact) mass is 412 g/mol. The molecule has 0 spiro atoms. The summed E-state index contributed by atoms with van der Waals surface area (Å²) in [5.41, 5.74) is 1.10. The van der Waals surface area contributed by atoms with Crippen molar-refractivity contribution in [3.63, 3.8) is 0 Å². The number of rotatable bonds is 4. The number of amides is 1. The van der Waals surface area contributed by atoms with Crippen LogP contribution in [0, 0.1) is 0 Å². The first-order valence-electron chi connectivity index (χ1n) is 8.75. The third-order valence-corrected chi connectivity index (χ3v) is 5.75. The molecule has 0 unspecified atom stereocenters. The van der Waals surface area contributed by atoms with E-state index in [9.17, 15) is 9.59 Å². The minimum absolute atomic E-state index is 0.321. The van der Waals surface area contributed by atoms with Gasteiger partial charge in [-0.3, -0.25) is 10.1 Å². The van der Waals surface area contributed by atoms with Crippen molar-refractivity contribution in [2.75, 3.05) is 5.32 Å². The molecule has 1 aliphatic heterocycles. The molecule has 0 radical (unpaired) electrons. The van der Waals surface area contributed by atoms with Gasteiger partial charge in [-0.25, -0.2) is 9.78 Å². The van der Waals surface area contributed by atoms with Gasteiger partial charge in [-0.05, 0) is 36.2 Å². The second kappa shape index (κ2) is 7.37. The van der Waals surface area contributed by atoms with E-state index in [4.69, 9.17) is 16.3 Å². The van der Waals surface area contributed by atoms with E-state index in [0.29, 0.717) is 28.6 Å². The minimum Gasteiger partial charge on any atom is -0.445 e. The van der Waals surface area contributed by atoms with Crippen molar-refractivity contribution in [3.05, 3.63) is 81.3 Å². The molecule has 4 rings (SSSR count). The maximum atomic E-state index is 12.8. The fourth-order valence-electron chi connectivity index (χ4n) is 3.18. The van der Waals surface area contributed by atoms with Gasteiger partial charge < -0.3 is 4.74 Å². The summed E-state index contributed by atoms with van der Waals surface area (Å²) < 4.78 is 5.46. The first kappa shape index (κ1) is 18.7. The molecule has 0 fully saturated rings. The van der Waals surface area contributed by atoms with Gasteiger partial charge in [-0.1, -0.05) is 41.9 Å². The third kappa shape index (κ3) is 3.79. The standard InChI is InChI=1S/C21H17ClN2O3S/c1-21(11-14-6-2-3-8-17(14)18(25)27-21)19(26)24-20-23-12-16(28-20)10-13-5-4-7-15(22)9-13/h2-9,12H,10-11H2,1H3,(H,23,24,26)/t21-/m0/s1. The Morgan fingerprint density at radius 2 is 2.11 bits per heavy atom. The Morgan fingerprint density at radius 3 is 2.93 bits per heavy atom. The quantitative estimate of drug-likeness (QED) is 0.641. The number of carbonyl (C=O) groups is 2. The molecule has 0 aliphatic carbocycles. The molecular weight excluding hydrogens is 396 g/mol. The fraction of sp³-hybridized carbons (Fsp3) is 0.190. The summed E-state index contributed by atoms with van der Waals surface area (Å²) in [5.74, 6) is -0.876. The van der Waals surface area contributed by atoms with Crippen LogP contribution in [0.15, 0.2) is 54.7 Å². The summed E-state index contributed by atoms with van der Waals surface area (Å²) in [6.45, 7) is 1.62. The average molecular weight is 413 g/mol. The Bertz CT molecular complexity index is 1070. The van der Waals surface area contributed by atoms with Crippen LogP contribution >= 0.6 is 22.9 Å². The van der Waals surface area contributed by atoms with Crippen LogP contribution in [0.5, 0.6) is 0 Å². The summed E-state index contributed by atoms with van der Waals surface area (Å²) in [6.07, 6.45) is 2.72. The second-order valence-electron chi connectivity index (χ2n) is 6.85.